The van der Waals surface area contributed by atoms with Crippen molar-refractivity contribution in [2.75, 3.05) is 13.1 Å². The number of hydrogen-bond donors (Lipinski definition) is 2. The van der Waals surface area contributed by atoms with E-state index in [-0.39, 0.29) is 6.04 Å². The second-order valence-corrected chi connectivity index (χ2v) is 6.08. The lowest BCUT2D eigenvalue weighted by molar-refractivity contribution is -0.187. The lowest BCUT2D eigenvalue weighted by Gasteiger charge is -2.23. The molecular weight excluding hydrogens is 313 g/mol. The molecule has 1 rings (SSSR count). The van der Waals surface area contributed by atoms with Crippen molar-refractivity contribution in [3.8, 4) is 0 Å². The minimum atomic E-state index is -4.62. The summed E-state index contributed by atoms with van der Waals surface area (Å²) >= 11 is 0. The molecule has 1 unspecified atom stereocenters. The number of aliphatic carboxylic acids is 1. The summed E-state index contributed by atoms with van der Waals surface area (Å²) in [5, 5.41) is 11.7. The number of unbranched alkanes of at least 4 members (excludes halogenated alkanes) is 1. The molecule has 23 heavy (non-hydrogen) atoms. The van der Waals surface area contributed by atoms with Crippen molar-refractivity contribution in [2.45, 2.75) is 58.2 Å². The van der Waals surface area contributed by atoms with E-state index < -0.39 is 43.1 Å². The fourth-order valence-electron chi connectivity index (χ4n) is 2.91. The van der Waals surface area contributed by atoms with Gasteiger partial charge < -0.3 is 15.3 Å². The van der Waals surface area contributed by atoms with Gasteiger partial charge in [0, 0.05) is 19.1 Å². The number of carbonyl (C=O) groups excluding carboxylic acids is 1. The van der Waals surface area contributed by atoms with E-state index in [0.29, 0.717) is 0 Å². The SMILES string of the molecule is CCCCC(CCC)NC(=O)N1C[C@@H](C(F)(F)F)[C@H](C(=O)O)C1. The molecule has 0 aliphatic carbocycles. The quantitative estimate of drug-likeness (QED) is 0.749. The van der Waals surface area contributed by atoms with Crippen LogP contribution in [0, 0.1) is 11.8 Å². The number of hydrogen-bond acceptors (Lipinski definition) is 2. The van der Waals surface area contributed by atoms with Gasteiger partial charge in [-0.25, -0.2) is 4.79 Å². The Morgan fingerprint density at radius 3 is 2.30 bits per heavy atom. The second kappa shape index (κ2) is 8.40. The topological polar surface area (TPSA) is 69.6 Å². The highest BCUT2D eigenvalue weighted by atomic mass is 19.4. The second-order valence-electron chi connectivity index (χ2n) is 6.08. The molecule has 2 amide bonds. The van der Waals surface area contributed by atoms with E-state index in [1.54, 1.807) is 0 Å². The minimum Gasteiger partial charge on any atom is -0.481 e. The summed E-state index contributed by atoms with van der Waals surface area (Å²) in [6.45, 7) is 2.99. The van der Waals surface area contributed by atoms with Gasteiger partial charge in [0.25, 0.3) is 0 Å². The first kappa shape index (κ1) is 19.6. The number of carboxylic acid groups (broad SMARTS) is 1. The zero-order valence-electron chi connectivity index (χ0n) is 13.5. The summed E-state index contributed by atoms with van der Waals surface area (Å²) in [5.41, 5.74) is 0. The molecule has 1 saturated heterocycles. The molecule has 134 valence electrons. The summed E-state index contributed by atoms with van der Waals surface area (Å²) in [6.07, 6.45) is -0.342. The summed E-state index contributed by atoms with van der Waals surface area (Å²) in [5.74, 6) is -5.12. The molecule has 1 aliphatic rings. The number of nitrogens with one attached hydrogen (secondary N) is 1. The molecule has 0 aromatic heterocycles. The predicted octanol–water partition coefficient (Wildman–Crippen LogP) is 3.25. The van der Waals surface area contributed by atoms with Gasteiger partial charge in [-0.15, -0.1) is 0 Å². The third-order valence-corrected chi connectivity index (χ3v) is 4.22. The van der Waals surface area contributed by atoms with Gasteiger partial charge in [-0.05, 0) is 12.8 Å². The van der Waals surface area contributed by atoms with E-state index >= 15 is 0 Å². The fraction of sp³-hybridized carbons (Fsp3) is 0.867. The fourth-order valence-corrected chi connectivity index (χ4v) is 2.91. The van der Waals surface area contributed by atoms with Crippen molar-refractivity contribution in [1.82, 2.24) is 10.2 Å². The van der Waals surface area contributed by atoms with E-state index in [2.05, 4.69) is 5.32 Å². The lowest BCUT2D eigenvalue weighted by Crippen LogP contribution is -2.44. The number of urea groups is 1. The molecule has 3 atom stereocenters. The van der Waals surface area contributed by atoms with Crippen LogP contribution in [0.15, 0.2) is 0 Å². The monoisotopic (exact) mass is 338 g/mol. The Hall–Kier alpha value is -1.47. The van der Waals surface area contributed by atoms with Crippen LogP contribution in [0.1, 0.15) is 46.0 Å². The largest absolute Gasteiger partial charge is 0.481 e. The van der Waals surface area contributed by atoms with Crippen molar-refractivity contribution in [2.24, 2.45) is 11.8 Å². The standard InChI is InChI=1S/C15H25F3N2O3/c1-3-5-7-10(6-4-2)19-14(23)20-8-11(13(21)22)12(9-20)15(16,17)18/h10-12H,3-9H2,1-2H3,(H,19,23)(H,21,22)/t10?,11-,12-/m1/s1. The van der Waals surface area contributed by atoms with E-state index in [4.69, 9.17) is 5.11 Å². The average Bonchev–Trinajstić information content (AvgIpc) is 2.90. The minimum absolute atomic E-state index is 0.0827. The summed E-state index contributed by atoms with van der Waals surface area (Å²) in [7, 11) is 0. The first-order valence-corrected chi connectivity index (χ1v) is 8.05. The highest BCUT2D eigenvalue weighted by Crippen LogP contribution is 2.37. The first-order valence-electron chi connectivity index (χ1n) is 8.05. The van der Waals surface area contributed by atoms with E-state index in [0.717, 1.165) is 37.0 Å². The third-order valence-electron chi connectivity index (χ3n) is 4.22. The molecule has 2 N–H and O–H groups in total. The van der Waals surface area contributed by atoms with Crippen LogP contribution in [0.2, 0.25) is 0 Å². The normalized spacial score (nSPS) is 22.9. The summed E-state index contributed by atoms with van der Waals surface area (Å²) < 4.78 is 38.8. The Morgan fingerprint density at radius 1 is 1.22 bits per heavy atom. The smallest absolute Gasteiger partial charge is 0.394 e. The molecular formula is C15H25F3N2O3. The number of rotatable bonds is 7. The zero-order valence-corrected chi connectivity index (χ0v) is 13.5. The Kier molecular flexibility index (Phi) is 7.15. The Labute approximate surface area is 134 Å². The van der Waals surface area contributed by atoms with Gasteiger partial charge in [-0.2, -0.15) is 13.2 Å². The van der Waals surface area contributed by atoms with Crippen LogP contribution in [0.25, 0.3) is 0 Å². The molecule has 8 heteroatoms. The van der Waals surface area contributed by atoms with Crippen LogP contribution >= 0.6 is 0 Å². The summed E-state index contributed by atoms with van der Waals surface area (Å²) in [6, 6.07) is -0.682. The molecule has 0 aromatic rings. The molecule has 0 bridgehead atoms. The number of carbonyl (C=O) groups is 2. The van der Waals surface area contributed by atoms with Gasteiger partial charge in [0.05, 0.1) is 11.8 Å². The third kappa shape index (κ3) is 5.58. The number of likely N-dealkylation sites (tertiary alicyclic amines) is 1. The van der Waals surface area contributed by atoms with Gasteiger partial charge in [0.2, 0.25) is 0 Å². The highest BCUT2D eigenvalue weighted by molar-refractivity contribution is 5.78. The van der Waals surface area contributed by atoms with E-state index in [9.17, 15) is 22.8 Å². The van der Waals surface area contributed by atoms with Crippen LogP contribution in [-0.4, -0.2) is 47.3 Å². The van der Waals surface area contributed by atoms with Gasteiger partial charge >= 0.3 is 18.2 Å². The molecule has 1 fully saturated rings. The van der Waals surface area contributed by atoms with Crippen molar-refractivity contribution >= 4 is 12.0 Å². The maximum Gasteiger partial charge on any atom is 0.394 e. The van der Waals surface area contributed by atoms with Crippen LogP contribution in [0.4, 0.5) is 18.0 Å². The maximum atomic E-state index is 12.9. The first-order chi connectivity index (χ1) is 10.7. The molecule has 5 nitrogen and oxygen atoms in total. The summed E-state index contributed by atoms with van der Waals surface area (Å²) in [4.78, 5) is 24.2. The van der Waals surface area contributed by atoms with Crippen molar-refractivity contribution in [1.29, 1.82) is 0 Å². The van der Waals surface area contributed by atoms with Gasteiger partial charge in [0.15, 0.2) is 0 Å². The van der Waals surface area contributed by atoms with Crippen molar-refractivity contribution < 1.29 is 27.9 Å². The zero-order chi connectivity index (χ0) is 17.6. The molecule has 0 radical (unpaired) electrons. The number of halogens is 3. The molecule has 0 saturated carbocycles. The number of alkyl halides is 3. The van der Waals surface area contributed by atoms with Crippen LogP contribution in [-0.2, 0) is 4.79 Å². The van der Waals surface area contributed by atoms with Crippen LogP contribution < -0.4 is 5.32 Å². The maximum absolute atomic E-state index is 12.9. The van der Waals surface area contributed by atoms with Crippen molar-refractivity contribution in [3.63, 3.8) is 0 Å². The van der Waals surface area contributed by atoms with Gasteiger partial charge in [0.1, 0.15) is 0 Å². The lowest BCUT2D eigenvalue weighted by atomic mass is 9.96. The van der Waals surface area contributed by atoms with Gasteiger partial charge in [-0.3, -0.25) is 4.79 Å². The van der Waals surface area contributed by atoms with Crippen LogP contribution in [0.5, 0.6) is 0 Å². The molecule has 1 heterocycles. The van der Waals surface area contributed by atoms with E-state index in [1.165, 1.54) is 0 Å². The molecule has 1 aliphatic heterocycles. The Balaban J connectivity index is 2.70. The Bertz CT molecular complexity index is 415. The van der Waals surface area contributed by atoms with E-state index in [1.807, 2.05) is 13.8 Å². The number of nitrogens with zero attached hydrogens (tertiary/aromatic N) is 1. The molecule has 0 aromatic carbocycles. The Morgan fingerprint density at radius 2 is 1.87 bits per heavy atom. The molecule has 0 spiro atoms. The van der Waals surface area contributed by atoms with Crippen molar-refractivity contribution in [3.05, 3.63) is 0 Å². The van der Waals surface area contributed by atoms with Gasteiger partial charge in [-0.1, -0.05) is 33.1 Å². The number of carboxylic acids is 1. The predicted molar refractivity (Wildman–Crippen MR) is 79.0 cm³/mol. The number of amides is 2. The van der Waals surface area contributed by atoms with Crippen LogP contribution in [0.3, 0.4) is 0 Å². The highest BCUT2D eigenvalue weighted by Gasteiger charge is 2.53. The average molecular weight is 338 g/mol.